The maximum atomic E-state index is 14.7. The zero-order chi connectivity index (χ0) is 34.5. The van der Waals surface area contributed by atoms with E-state index in [1.54, 1.807) is 19.1 Å². The van der Waals surface area contributed by atoms with Crippen LogP contribution in [0.4, 0.5) is 15.8 Å². The number of aromatic carboxylic acids is 1. The molecular weight excluding hydrogens is 651 g/mol. The fraction of sp³-hybridized carbons (Fsp3) is 0.237. The Morgan fingerprint density at radius 1 is 0.878 bits per heavy atom. The second kappa shape index (κ2) is 10.8. The molecule has 2 aliphatic heterocycles. The van der Waals surface area contributed by atoms with Gasteiger partial charge >= 0.3 is 5.97 Å². The first-order valence-corrected chi connectivity index (χ1v) is 16.3. The average molecular weight is 679 g/mol. The third kappa shape index (κ3) is 4.26. The number of imide groups is 2. The highest BCUT2D eigenvalue weighted by atomic mass is 35.5. The summed E-state index contributed by atoms with van der Waals surface area (Å²) in [4.78, 5) is 71.2. The van der Waals surface area contributed by atoms with Gasteiger partial charge in [-0.3, -0.25) is 24.1 Å². The van der Waals surface area contributed by atoms with Crippen LogP contribution in [-0.4, -0.2) is 39.8 Å². The molecule has 246 valence electrons. The van der Waals surface area contributed by atoms with Crippen molar-refractivity contribution in [1.29, 1.82) is 0 Å². The van der Waals surface area contributed by atoms with E-state index in [9.17, 15) is 38.6 Å². The number of phenols is 1. The lowest BCUT2D eigenvalue weighted by Gasteiger charge is -2.49. The van der Waals surface area contributed by atoms with Crippen LogP contribution in [0.5, 0.6) is 5.75 Å². The van der Waals surface area contributed by atoms with Gasteiger partial charge < -0.3 is 10.2 Å². The van der Waals surface area contributed by atoms with Crippen LogP contribution >= 0.6 is 11.6 Å². The first-order chi connectivity index (χ1) is 23.4. The number of carbonyl (C=O) groups is 5. The van der Waals surface area contributed by atoms with E-state index in [1.807, 2.05) is 30.3 Å². The number of aromatic hydroxyl groups is 1. The number of halogens is 2. The number of hydrogen-bond donors (Lipinski definition) is 2. The fourth-order valence-electron chi connectivity index (χ4n) is 8.81. The normalized spacial score (nSPS) is 27.7. The zero-order valence-electron chi connectivity index (χ0n) is 26.0. The molecule has 2 saturated heterocycles. The number of hydrogen-bond acceptors (Lipinski definition) is 6. The molecule has 0 unspecified atom stereocenters. The Bertz CT molecular complexity index is 2220. The van der Waals surface area contributed by atoms with Crippen molar-refractivity contribution >= 4 is 63.3 Å². The summed E-state index contributed by atoms with van der Waals surface area (Å²) >= 11 is 6.09. The van der Waals surface area contributed by atoms with Crippen molar-refractivity contribution in [1.82, 2.24) is 0 Å². The number of allylic oxidation sites excluding steroid dienone is 2. The predicted octanol–water partition coefficient (Wildman–Crippen LogP) is 6.47. The maximum absolute atomic E-state index is 14.7. The van der Waals surface area contributed by atoms with Crippen LogP contribution in [0.25, 0.3) is 10.8 Å². The van der Waals surface area contributed by atoms with E-state index in [0.29, 0.717) is 16.5 Å². The molecule has 2 N–H and O–H groups in total. The van der Waals surface area contributed by atoms with E-state index < -0.39 is 70.4 Å². The standard InChI is InChI=1S/C38H28ClFN2O7/c1-38-26(34(45)42(37(38)49)21-10-13-28(40)27(39)16-21)17-25-23(32(38)31-22-8-3-2-5-18(22)9-14-29(31)43)11-12-24-30(25)35(46)41(33(24)44)20-7-4-6-19(15-20)36(47)48/h2-11,13-16,24-26,30,32,43H,12,17H2,1H3,(H,47,48)/t24-,25+,26-,30-,32+,38+/m0/s1. The highest BCUT2D eigenvalue weighted by Crippen LogP contribution is 2.65. The van der Waals surface area contributed by atoms with Crippen LogP contribution in [0.2, 0.25) is 5.02 Å². The van der Waals surface area contributed by atoms with Crippen molar-refractivity contribution in [3.8, 4) is 5.75 Å². The summed E-state index contributed by atoms with van der Waals surface area (Å²) in [5.74, 6) is -8.31. The molecular formula is C38H28ClFN2O7. The predicted molar refractivity (Wildman–Crippen MR) is 178 cm³/mol. The molecule has 49 heavy (non-hydrogen) atoms. The quantitative estimate of drug-likeness (QED) is 0.187. The van der Waals surface area contributed by atoms with Crippen molar-refractivity contribution in [2.24, 2.45) is 29.1 Å². The molecule has 6 atom stereocenters. The van der Waals surface area contributed by atoms with Gasteiger partial charge in [0, 0.05) is 11.5 Å². The summed E-state index contributed by atoms with van der Waals surface area (Å²) in [6.45, 7) is 1.70. The minimum Gasteiger partial charge on any atom is -0.508 e. The number of amides is 4. The molecule has 2 aliphatic carbocycles. The van der Waals surface area contributed by atoms with Gasteiger partial charge in [-0.2, -0.15) is 0 Å². The Kier molecular flexibility index (Phi) is 6.84. The lowest BCUT2D eigenvalue weighted by molar-refractivity contribution is -0.131. The molecule has 1 saturated carbocycles. The lowest BCUT2D eigenvalue weighted by atomic mass is 9.51. The molecule has 8 rings (SSSR count). The van der Waals surface area contributed by atoms with Crippen LogP contribution in [0.1, 0.15) is 41.6 Å². The van der Waals surface area contributed by atoms with Gasteiger partial charge in [0.15, 0.2) is 0 Å². The Labute approximate surface area is 284 Å². The van der Waals surface area contributed by atoms with Gasteiger partial charge in [0.25, 0.3) is 0 Å². The molecule has 4 aromatic rings. The topological polar surface area (TPSA) is 132 Å². The lowest BCUT2D eigenvalue weighted by Crippen LogP contribution is -2.49. The monoisotopic (exact) mass is 678 g/mol. The van der Waals surface area contributed by atoms with Crippen LogP contribution in [0.15, 0.2) is 90.5 Å². The van der Waals surface area contributed by atoms with E-state index >= 15 is 0 Å². The number of benzene rings is 4. The van der Waals surface area contributed by atoms with E-state index in [0.717, 1.165) is 21.3 Å². The molecule has 3 fully saturated rings. The van der Waals surface area contributed by atoms with Gasteiger partial charge in [0.1, 0.15) is 11.6 Å². The zero-order valence-corrected chi connectivity index (χ0v) is 26.7. The molecule has 0 spiro atoms. The van der Waals surface area contributed by atoms with E-state index in [-0.39, 0.29) is 40.6 Å². The Hall–Kier alpha value is -5.35. The summed E-state index contributed by atoms with van der Waals surface area (Å²) in [6.07, 6.45) is 2.10. The molecule has 4 amide bonds. The Morgan fingerprint density at radius 3 is 2.39 bits per heavy atom. The summed E-state index contributed by atoms with van der Waals surface area (Å²) in [5.41, 5.74) is -0.180. The van der Waals surface area contributed by atoms with Crippen molar-refractivity contribution in [2.75, 3.05) is 9.80 Å². The molecule has 0 aromatic heterocycles. The number of nitrogens with zero attached hydrogens (tertiary/aromatic N) is 2. The van der Waals surface area contributed by atoms with E-state index in [4.69, 9.17) is 11.6 Å². The number of fused-ring (bicyclic) bond motifs is 5. The van der Waals surface area contributed by atoms with E-state index in [2.05, 4.69) is 0 Å². The smallest absolute Gasteiger partial charge is 0.335 e. The number of rotatable bonds is 4. The number of carbonyl (C=O) groups excluding carboxylic acids is 4. The number of carboxylic acids is 1. The summed E-state index contributed by atoms with van der Waals surface area (Å²) < 4.78 is 14.2. The molecule has 4 aliphatic rings. The summed E-state index contributed by atoms with van der Waals surface area (Å²) in [6, 6.07) is 19.9. The van der Waals surface area contributed by atoms with Crippen molar-refractivity contribution in [2.45, 2.75) is 25.7 Å². The van der Waals surface area contributed by atoms with Gasteiger partial charge in [-0.1, -0.05) is 59.6 Å². The molecule has 2 heterocycles. The first kappa shape index (κ1) is 31.0. The number of phenolic OH excluding ortho intramolecular Hbond substituents is 1. The second-order valence-corrected chi connectivity index (χ2v) is 13.8. The minimum atomic E-state index is -1.45. The third-order valence-corrected chi connectivity index (χ3v) is 11.3. The van der Waals surface area contributed by atoms with Crippen LogP contribution < -0.4 is 9.80 Å². The minimum absolute atomic E-state index is 0.0591. The van der Waals surface area contributed by atoms with Crippen LogP contribution in [0.3, 0.4) is 0 Å². The Morgan fingerprint density at radius 2 is 1.63 bits per heavy atom. The third-order valence-electron chi connectivity index (χ3n) is 11.0. The molecule has 0 bridgehead atoms. The maximum Gasteiger partial charge on any atom is 0.335 e. The van der Waals surface area contributed by atoms with Gasteiger partial charge in [0.05, 0.1) is 45.1 Å². The van der Waals surface area contributed by atoms with Crippen LogP contribution in [0, 0.1) is 34.9 Å². The number of carboxylic acid groups (broad SMARTS) is 1. The molecule has 4 aromatic carbocycles. The highest BCUT2D eigenvalue weighted by molar-refractivity contribution is 6.32. The summed E-state index contributed by atoms with van der Waals surface area (Å²) in [5, 5.41) is 22.3. The SMILES string of the molecule is C[C@@]12C(=O)N(c3ccc(F)c(Cl)c3)C(=O)[C@@H]1C[C@@H]1C(=CC[C@@H]3C(=O)N(c4cccc(C(=O)O)c4)C(=O)[C@@H]31)[C@@H]2c1c(O)ccc2ccccc12. The van der Waals surface area contributed by atoms with Gasteiger partial charge in [-0.05, 0) is 78.9 Å². The second-order valence-electron chi connectivity index (χ2n) is 13.3. The average Bonchev–Trinajstić information content (AvgIpc) is 3.46. The van der Waals surface area contributed by atoms with Gasteiger partial charge in [0.2, 0.25) is 23.6 Å². The van der Waals surface area contributed by atoms with Crippen LogP contribution in [-0.2, 0) is 19.2 Å². The van der Waals surface area contributed by atoms with Crippen molar-refractivity contribution in [3.05, 3.63) is 112 Å². The largest absolute Gasteiger partial charge is 0.508 e. The molecule has 9 nitrogen and oxygen atoms in total. The highest BCUT2D eigenvalue weighted by Gasteiger charge is 2.68. The first-order valence-electron chi connectivity index (χ1n) is 15.9. The summed E-state index contributed by atoms with van der Waals surface area (Å²) in [7, 11) is 0. The van der Waals surface area contributed by atoms with Gasteiger partial charge in [-0.25, -0.2) is 14.1 Å². The van der Waals surface area contributed by atoms with Crippen molar-refractivity contribution in [3.63, 3.8) is 0 Å². The number of anilines is 2. The molecule has 0 radical (unpaired) electrons. The van der Waals surface area contributed by atoms with E-state index in [1.165, 1.54) is 36.4 Å². The van der Waals surface area contributed by atoms with Gasteiger partial charge in [-0.15, -0.1) is 0 Å². The van der Waals surface area contributed by atoms with Crippen molar-refractivity contribution < 1.29 is 38.6 Å². The fourth-order valence-corrected chi connectivity index (χ4v) is 8.99. The Balaban J connectivity index is 1.31. The molecule has 11 heteroatoms.